The Kier molecular flexibility index (Phi) is 4.38. The molecule has 1 atom stereocenters. The van der Waals surface area contributed by atoms with Crippen LogP contribution in [0.25, 0.3) is 10.9 Å². The second-order valence-corrected chi connectivity index (χ2v) is 6.40. The molecule has 0 fully saturated rings. The van der Waals surface area contributed by atoms with Gasteiger partial charge in [-0.25, -0.2) is 4.98 Å². The molecule has 1 aliphatic heterocycles. The summed E-state index contributed by atoms with van der Waals surface area (Å²) in [5, 5.41) is 9.81. The first-order valence-electron chi connectivity index (χ1n) is 8.71. The van der Waals surface area contributed by atoms with Crippen LogP contribution in [0.4, 0.5) is 11.5 Å². The zero-order valence-electron chi connectivity index (χ0n) is 14.8. The van der Waals surface area contributed by atoms with Crippen molar-refractivity contribution in [1.82, 2.24) is 4.98 Å². The van der Waals surface area contributed by atoms with Gasteiger partial charge in [-0.3, -0.25) is 14.6 Å². The van der Waals surface area contributed by atoms with Crippen LogP contribution < -0.4 is 10.3 Å². The average Bonchev–Trinajstić information content (AvgIpc) is 3.15. The van der Waals surface area contributed by atoms with Gasteiger partial charge < -0.3 is 5.32 Å². The summed E-state index contributed by atoms with van der Waals surface area (Å²) in [7, 11) is 0. The van der Waals surface area contributed by atoms with Gasteiger partial charge in [-0.05, 0) is 37.3 Å². The summed E-state index contributed by atoms with van der Waals surface area (Å²) in [6.45, 7) is 1.52. The lowest BCUT2D eigenvalue weighted by Crippen LogP contribution is -2.33. The first kappa shape index (κ1) is 16.9. The van der Waals surface area contributed by atoms with Gasteiger partial charge in [0.25, 0.3) is 5.91 Å². The number of carbonyl (C=O) groups excluding carboxylic acids is 2. The fourth-order valence-corrected chi connectivity index (χ4v) is 3.11. The van der Waals surface area contributed by atoms with Crippen LogP contribution >= 0.6 is 0 Å². The van der Waals surface area contributed by atoms with Crippen molar-refractivity contribution in [1.29, 1.82) is 0 Å². The standard InChI is InChI=1S/C21H18N4O2/c1-14(26)19-13-18(24-25(19)16-8-3-2-4-9-16)21(27)23-20-12-11-15-7-5-6-10-17(15)22-20/h2-12,19H,13H2,1H3,(H,22,23,27)/t19-/m0/s1. The lowest BCUT2D eigenvalue weighted by atomic mass is 10.1. The van der Waals surface area contributed by atoms with E-state index in [1.165, 1.54) is 6.92 Å². The van der Waals surface area contributed by atoms with Crippen LogP contribution in [0.2, 0.25) is 0 Å². The van der Waals surface area contributed by atoms with Gasteiger partial charge >= 0.3 is 0 Å². The van der Waals surface area contributed by atoms with Crippen molar-refractivity contribution >= 4 is 39.8 Å². The predicted molar refractivity (Wildman–Crippen MR) is 106 cm³/mol. The number of nitrogens with zero attached hydrogens (tertiary/aromatic N) is 3. The summed E-state index contributed by atoms with van der Waals surface area (Å²) in [5.74, 6) is 0.0793. The van der Waals surface area contributed by atoms with Gasteiger partial charge in [-0.15, -0.1) is 0 Å². The molecule has 1 aromatic heterocycles. The molecule has 2 heterocycles. The summed E-state index contributed by atoms with van der Waals surface area (Å²) in [4.78, 5) is 29.2. The number of amides is 1. The van der Waals surface area contributed by atoms with E-state index in [1.807, 2.05) is 60.7 Å². The van der Waals surface area contributed by atoms with Gasteiger partial charge in [0, 0.05) is 11.8 Å². The fourth-order valence-electron chi connectivity index (χ4n) is 3.11. The highest BCUT2D eigenvalue weighted by atomic mass is 16.2. The number of Topliss-reactive ketones (excluding diaryl/α,β-unsaturated/α-hetero) is 1. The normalized spacial score (nSPS) is 16.3. The van der Waals surface area contributed by atoms with Crippen LogP contribution in [0.3, 0.4) is 0 Å². The number of nitrogens with one attached hydrogen (secondary N) is 1. The average molecular weight is 358 g/mol. The molecule has 1 amide bonds. The molecule has 0 radical (unpaired) electrons. The van der Waals surface area contributed by atoms with Crippen molar-refractivity contribution in [2.45, 2.75) is 19.4 Å². The first-order valence-corrected chi connectivity index (χ1v) is 8.71. The minimum Gasteiger partial charge on any atom is -0.305 e. The molecule has 0 spiro atoms. The minimum absolute atomic E-state index is 0.0331. The number of aromatic nitrogens is 1. The molecule has 2 aromatic carbocycles. The number of hydrazone groups is 1. The smallest absolute Gasteiger partial charge is 0.273 e. The highest BCUT2D eigenvalue weighted by Gasteiger charge is 2.34. The van der Waals surface area contributed by atoms with Crippen molar-refractivity contribution in [3.8, 4) is 0 Å². The number of fused-ring (bicyclic) bond motifs is 1. The van der Waals surface area contributed by atoms with E-state index in [4.69, 9.17) is 0 Å². The Balaban J connectivity index is 1.58. The van der Waals surface area contributed by atoms with Gasteiger partial charge in [0.05, 0.1) is 11.2 Å². The number of carbonyl (C=O) groups is 2. The topological polar surface area (TPSA) is 74.7 Å². The molecule has 3 aromatic rings. The zero-order chi connectivity index (χ0) is 18.8. The number of ketones is 1. The molecule has 0 saturated heterocycles. The quantitative estimate of drug-likeness (QED) is 0.776. The summed E-state index contributed by atoms with van der Waals surface area (Å²) in [5.41, 5.74) is 1.90. The van der Waals surface area contributed by atoms with Gasteiger partial charge in [0.15, 0.2) is 5.78 Å². The molecule has 134 valence electrons. The van der Waals surface area contributed by atoms with E-state index in [-0.39, 0.29) is 18.1 Å². The molecular weight excluding hydrogens is 340 g/mol. The van der Waals surface area contributed by atoms with Crippen molar-refractivity contribution in [3.63, 3.8) is 0 Å². The van der Waals surface area contributed by atoms with Crippen LogP contribution in [-0.2, 0) is 9.59 Å². The molecule has 0 unspecified atom stereocenters. The van der Waals surface area contributed by atoms with Crippen LogP contribution in [0.1, 0.15) is 13.3 Å². The largest absolute Gasteiger partial charge is 0.305 e. The van der Waals surface area contributed by atoms with E-state index in [1.54, 1.807) is 11.1 Å². The third-order valence-electron chi connectivity index (χ3n) is 4.50. The van der Waals surface area contributed by atoms with Crippen LogP contribution in [0.5, 0.6) is 0 Å². The maximum atomic E-state index is 12.7. The van der Waals surface area contributed by atoms with Crippen molar-refractivity contribution < 1.29 is 9.59 Å². The summed E-state index contributed by atoms with van der Waals surface area (Å²) < 4.78 is 0. The number of rotatable bonds is 4. The Morgan fingerprint density at radius 2 is 1.74 bits per heavy atom. The van der Waals surface area contributed by atoms with E-state index in [0.717, 1.165) is 16.6 Å². The van der Waals surface area contributed by atoms with E-state index in [0.29, 0.717) is 11.5 Å². The number of hydrogen-bond donors (Lipinski definition) is 1. The van der Waals surface area contributed by atoms with Gasteiger partial charge in [0.2, 0.25) is 0 Å². The maximum Gasteiger partial charge on any atom is 0.273 e. The summed E-state index contributed by atoms with van der Waals surface area (Å²) >= 11 is 0. The third kappa shape index (κ3) is 3.42. The lowest BCUT2D eigenvalue weighted by molar-refractivity contribution is -0.118. The van der Waals surface area contributed by atoms with Crippen LogP contribution in [0, 0.1) is 0 Å². The molecule has 6 nitrogen and oxygen atoms in total. The van der Waals surface area contributed by atoms with Crippen molar-refractivity contribution in [2.24, 2.45) is 5.10 Å². The van der Waals surface area contributed by atoms with Crippen LogP contribution in [-0.4, -0.2) is 28.4 Å². The SMILES string of the molecule is CC(=O)[C@@H]1CC(C(=O)Nc2ccc3ccccc3n2)=NN1c1ccccc1. The van der Waals surface area contributed by atoms with Crippen LogP contribution in [0.15, 0.2) is 71.8 Å². The third-order valence-corrected chi connectivity index (χ3v) is 4.50. The van der Waals surface area contributed by atoms with E-state index < -0.39 is 6.04 Å². The number of benzene rings is 2. The molecule has 6 heteroatoms. The highest BCUT2D eigenvalue weighted by Crippen LogP contribution is 2.25. The number of pyridine rings is 1. The minimum atomic E-state index is -0.474. The molecule has 4 rings (SSSR count). The fraction of sp³-hybridized carbons (Fsp3) is 0.143. The second kappa shape index (κ2) is 6.99. The van der Waals surface area contributed by atoms with Gasteiger partial charge in [-0.2, -0.15) is 5.10 Å². The Hall–Kier alpha value is -3.54. The Morgan fingerprint density at radius 3 is 2.52 bits per heavy atom. The van der Waals surface area contributed by atoms with E-state index in [9.17, 15) is 9.59 Å². The second-order valence-electron chi connectivity index (χ2n) is 6.40. The molecule has 0 saturated carbocycles. The molecule has 1 aliphatic rings. The number of hydrogen-bond acceptors (Lipinski definition) is 5. The van der Waals surface area contributed by atoms with Crippen molar-refractivity contribution in [3.05, 3.63) is 66.7 Å². The van der Waals surface area contributed by atoms with E-state index >= 15 is 0 Å². The zero-order valence-corrected chi connectivity index (χ0v) is 14.8. The Labute approximate surface area is 156 Å². The first-order chi connectivity index (χ1) is 13.1. The van der Waals surface area contributed by atoms with Crippen molar-refractivity contribution in [2.75, 3.05) is 10.3 Å². The maximum absolute atomic E-state index is 12.7. The molecule has 27 heavy (non-hydrogen) atoms. The summed E-state index contributed by atoms with van der Waals surface area (Å²) in [6.07, 6.45) is 0.268. The highest BCUT2D eigenvalue weighted by molar-refractivity contribution is 6.44. The lowest BCUT2D eigenvalue weighted by Gasteiger charge is -2.20. The van der Waals surface area contributed by atoms with Gasteiger partial charge in [-0.1, -0.05) is 36.4 Å². The van der Waals surface area contributed by atoms with Gasteiger partial charge in [0.1, 0.15) is 17.6 Å². The Morgan fingerprint density at radius 1 is 1.00 bits per heavy atom. The molecule has 1 N–H and O–H groups in total. The van der Waals surface area contributed by atoms with E-state index in [2.05, 4.69) is 15.4 Å². The monoisotopic (exact) mass is 358 g/mol. The predicted octanol–water partition coefficient (Wildman–Crippen LogP) is 3.40. The number of anilines is 2. The summed E-state index contributed by atoms with van der Waals surface area (Å²) in [6, 6.07) is 20.3. The molecule has 0 bridgehead atoms. The number of para-hydroxylation sites is 2. The Bertz CT molecular complexity index is 1050. The molecule has 0 aliphatic carbocycles. The molecular formula is C21H18N4O2.